The van der Waals surface area contributed by atoms with Gasteiger partial charge in [0.25, 0.3) is 5.56 Å². The first kappa shape index (κ1) is 12.3. The van der Waals surface area contributed by atoms with Crippen LogP contribution >= 0.6 is 12.2 Å². The van der Waals surface area contributed by atoms with Crippen molar-refractivity contribution in [3.63, 3.8) is 0 Å². The third-order valence-corrected chi connectivity index (χ3v) is 3.32. The summed E-state index contributed by atoms with van der Waals surface area (Å²) in [6.07, 6.45) is 0. The Bertz CT molecular complexity index is 963. The van der Waals surface area contributed by atoms with Crippen LogP contribution in [-0.4, -0.2) is 9.55 Å². The number of hydrogen-bond donors (Lipinski definition) is 1. The Hall–Kier alpha value is -2.71. The second-order valence-electron chi connectivity index (χ2n) is 4.28. The Morgan fingerprint density at radius 3 is 2.75 bits per heavy atom. The molecule has 0 spiro atoms. The Morgan fingerprint density at radius 2 is 1.95 bits per heavy atom. The van der Waals surface area contributed by atoms with Crippen molar-refractivity contribution in [3.05, 3.63) is 69.2 Å². The molecule has 1 N–H and O–H groups in total. The molecule has 0 bridgehead atoms. The van der Waals surface area contributed by atoms with Crippen LogP contribution in [0.3, 0.4) is 0 Å². The van der Waals surface area contributed by atoms with Gasteiger partial charge in [-0.15, -0.1) is 0 Å². The quantitative estimate of drug-likeness (QED) is 0.697. The van der Waals surface area contributed by atoms with Crippen LogP contribution in [0.2, 0.25) is 0 Å². The normalized spacial score (nSPS) is 10.3. The number of hydrogen-bond acceptors (Lipinski definition) is 3. The van der Waals surface area contributed by atoms with Crippen molar-refractivity contribution >= 4 is 23.1 Å². The second kappa shape index (κ2) is 4.76. The van der Waals surface area contributed by atoms with E-state index in [0.717, 1.165) is 0 Å². The van der Waals surface area contributed by atoms with Gasteiger partial charge in [0.2, 0.25) is 0 Å². The lowest BCUT2D eigenvalue weighted by molar-refractivity contribution is 0.939. The Labute approximate surface area is 119 Å². The fourth-order valence-electron chi connectivity index (χ4n) is 2.11. The molecular weight excluding hydrogens is 270 g/mol. The molecule has 0 fully saturated rings. The summed E-state index contributed by atoms with van der Waals surface area (Å²) in [5.41, 5.74) is 1.58. The summed E-state index contributed by atoms with van der Waals surface area (Å²) in [7, 11) is 0. The molecule has 96 valence electrons. The molecule has 0 unspecified atom stereocenters. The molecule has 0 atom stereocenters. The van der Waals surface area contributed by atoms with E-state index in [1.807, 2.05) is 12.1 Å². The molecule has 3 aromatic rings. The highest BCUT2D eigenvalue weighted by molar-refractivity contribution is 7.71. The van der Waals surface area contributed by atoms with Crippen LogP contribution in [0.1, 0.15) is 5.56 Å². The summed E-state index contributed by atoms with van der Waals surface area (Å²) >= 11 is 5.25. The van der Waals surface area contributed by atoms with Crippen molar-refractivity contribution in [2.75, 3.05) is 0 Å². The van der Waals surface area contributed by atoms with Gasteiger partial charge in [-0.3, -0.25) is 9.36 Å². The summed E-state index contributed by atoms with van der Waals surface area (Å²) in [6.45, 7) is 0. The van der Waals surface area contributed by atoms with Crippen molar-refractivity contribution < 1.29 is 0 Å². The summed E-state index contributed by atoms with van der Waals surface area (Å²) in [5, 5.41) is 9.51. The van der Waals surface area contributed by atoms with E-state index in [1.165, 1.54) is 4.57 Å². The van der Waals surface area contributed by atoms with Gasteiger partial charge >= 0.3 is 0 Å². The Balaban J connectivity index is 2.40. The van der Waals surface area contributed by atoms with E-state index in [0.29, 0.717) is 26.9 Å². The van der Waals surface area contributed by atoms with Crippen LogP contribution in [-0.2, 0) is 0 Å². The number of H-pyrrole nitrogens is 1. The van der Waals surface area contributed by atoms with E-state index in [-0.39, 0.29) is 5.56 Å². The van der Waals surface area contributed by atoms with Gasteiger partial charge in [-0.05, 0) is 42.5 Å². The third-order valence-electron chi connectivity index (χ3n) is 3.04. The van der Waals surface area contributed by atoms with E-state index >= 15 is 0 Å². The largest absolute Gasteiger partial charge is 0.331 e. The maximum atomic E-state index is 12.5. The molecule has 0 radical (unpaired) electrons. The number of aromatic nitrogens is 2. The Morgan fingerprint density at radius 1 is 1.15 bits per heavy atom. The van der Waals surface area contributed by atoms with Crippen LogP contribution in [0.25, 0.3) is 16.6 Å². The van der Waals surface area contributed by atoms with Crippen molar-refractivity contribution in [3.8, 4) is 11.8 Å². The minimum absolute atomic E-state index is 0.195. The van der Waals surface area contributed by atoms with E-state index in [2.05, 4.69) is 11.1 Å². The minimum atomic E-state index is -0.195. The number of nitrogens with zero attached hydrogens (tertiary/aromatic N) is 2. The number of fused-ring (bicyclic) bond motifs is 1. The van der Waals surface area contributed by atoms with Gasteiger partial charge in [-0.2, -0.15) is 5.26 Å². The number of nitriles is 1. The predicted molar refractivity (Wildman–Crippen MR) is 79.4 cm³/mol. The number of para-hydroxylation sites is 1. The number of rotatable bonds is 1. The van der Waals surface area contributed by atoms with E-state index in [1.54, 1.807) is 36.4 Å². The molecule has 1 aromatic heterocycles. The van der Waals surface area contributed by atoms with Gasteiger partial charge in [0.05, 0.1) is 28.2 Å². The van der Waals surface area contributed by atoms with Crippen molar-refractivity contribution in [2.45, 2.75) is 0 Å². The molecule has 0 saturated carbocycles. The zero-order valence-electron chi connectivity index (χ0n) is 10.3. The average Bonchev–Trinajstić information content (AvgIpc) is 2.47. The molecular formula is C15H9N3OS. The summed E-state index contributed by atoms with van der Waals surface area (Å²) in [5.74, 6) is 0. The zero-order chi connectivity index (χ0) is 14.1. The molecule has 0 aliphatic heterocycles. The zero-order valence-corrected chi connectivity index (χ0v) is 11.1. The van der Waals surface area contributed by atoms with Gasteiger partial charge in [0, 0.05) is 0 Å². The summed E-state index contributed by atoms with van der Waals surface area (Å²) in [6, 6.07) is 16.0. The second-order valence-corrected chi connectivity index (χ2v) is 4.67. The lowest BCUT2D eigenvalue weighted by Gasteiger charge is -2.08. The molecule has 5 heteroatoms. The molecule has 1 heterocycles. The van der Waals surface area contributed by atoms with E-state index < -0.39 is 0 Å². The molecule has 0 aliphatic rings. The highest BCUT2D eigenvalue weighted by Gasteiger charge is 2.07. The van der Waals surface area contributed by atoms with Gasteiger partial charge in [0.1, 0.15) is 0 Å². The number of benzene rings is 2. The molecule has 4 nitrogen and oxygen atoms in total. The maximum absolute atomic E-state index is 12.5. The first-order valence-electron chi connectivity index (χ1n) is 5.95. The van der Waals surface area contributed by atoms with Crippen molar-refractivity contribution in [1.82, 2.24) is 9.55 Å². The van der Waals surface area contributed by atoms with Gasteiger partial charge in [0.15, 0.2) is 4.77 Å². The fourth-order valence-corrected chi connectivity index (χ4v) is 2.41. The van der Waals surface area contributed by atoms with Crippen LogP contribution in [0, 0.1) is 16.1 Å². The van der Waals surface area contributed by atoms with E-state index in [4.69, 9.17) is 17.5 Å². The monoisotopic (exact) mass is 279 g/mol. The van der Waals surface area contributed by atoms with Crippen LogP contribution in [0.15, 0.2) is 53.3 Å². The first-order valence-corrected chi connectivity index (χ1v) is 6.36. The van der Waals surface area contributed by atoms with Gasteiger partial charge in [-0.1, -0.05) is 18.2 Å². The topological polar surface area (TPSA) is 61.6 Å². The lowest BCUT2D eigenvalue weighted by atomic mass is 10.2. The van der Waals surface area contributed by atoms with Gasteiger partial charge < -0.3 is 4.98 Å². The van der Waals surface area contributed by atoms with Crippen molar-refractivity contribution in [2.24, 2.45) is 0 Å². The molecule has 3 rings (SSSR count). The van der Waals surface area contributed by atoms with Crippen molar-refractivity contribution in [1.29, 1.82) is 5.26 Å². The smallest absolute Gasteiger partial charge is 0.266 e. The van der Waals surface area contributed by atoms with Crippen LogP contribution in [0.4, 0.5) is 0 Å². The van der Waals surface area contributed by atoms with E-state index in [9.17, 15) is 4.79 Å². The average molecular weight is 279 g/mol. The van der Waals surface area contributed by atoms with Crippen LogP contribution < -0.4 is 5.56 Å². The van der Waals surface area contributed by atoms with Crippen LogP contribution in [0.5, 0.6) is 0 Å². The molecule has 2 aromatic carbocycles. The standard InChI is InChI=1S/C15H9N3OS/c16-9-10-4-3-5-11(8-10)18-14(19)12-6-1-2-7-13(12)17-15(18)20/h1-8H,(H,17,20). The summed E-state index contributed by atoms with van der Waals surface area (Å²) in [4.78, 5) is 15.6. The van der Waals surface area contributed by atoms with Gasteiger partial charge in [-0.25, -0.2) is 0 Å². The Kier molecular flexibility index (Phi) is 2.93. The third kappa shape index (κ3) is 1.92. The predicted octanol–water partition coefficient (Wildman–Crippen LogP) is 2.92. The SMILES string of the molecule is N#Cc1cccc(-n2c(=S)[nH]c3ccccc3c2=O)c1. The number of aromatic amines is 1. The fraction of sp³-hybridized carbons (Fsp3) is 0. The number of nitrogens with one attached hydrogen (secondary N) is 1. The molecule has 0 saturated heterocycles. The highest BCUT2D eigenvalue weighted by atomic mass is 32.1. The highest BCUT2D eigenvalue weighted by Crippen LogP contribution is 2.12. The lowest BCUT2D eigenvalue weighted by Crippen LogP contribution is -2.20. The molecule has 20 heavy (non-hydrogen) atoms. The maximum Gasteiger partial charge on any atom is 0.266 e. The molecule has 0 amide bonds. The molecule has 0 aliphatic carbocycles. The summed E-state index contributed by atoms with van der Waals surface area (Å²) < 4.78 is 1.71. The minimum Gasteiger partial charge on any atom is -0.331 e. The first-order chi connectivity index (χ1) is 9.70.